The zero-order valence-electron chi connectivity index (χ0n) is 9.14. The van der Waals surface area contributed by atoms with Crippen molar-refractivity contribution < 1.29 is 4.74 Å². The second kappa shape index (κ2) is 4.52. The molecule has 1 aromatic rings. The van der Waals surface area contributed by atoms with E-state index in [1.807, 2.05) is 6.92 Å². The molecule has 15 heavy (non-hydrogen) atoms. The molecule has 2 nitrogen and oxygen atoms in total. The number of halogens is 1. The number of rotatable bonds is 1. The van der Waals surface area contributed by atoms with Crippen LogP contribution in [-0.4, -0.2) is 19.8 Å². The van der Waals surface area contributed by atoms with Crippen LogP contribution in [0.25, 0.3) is 0 Å². The number of hydrogen-bond acceptors (Lipinski definition) is 2. The molecular formula is C12H16ClNO. The van der Waals surface area contributed by atoms with Crippen LogP contribution < -0.4 is 5.32 Å². The van der Waals surface area contributed by atoms with Crippen LogP contribution in [0.5, 0.6) is 0 Å². The van der Waals surface area contributed by atoms with Crippen molar-refractivity contribution in [2.24, 2.45) is 0 Å². The summed E-state index contributed by atoms with van der Waals surface area (Å²) in [6.45, 7) is 6.55. The van der Waals surface area contributed by atoms with E-state index in [-0.39, 0.29) is 6.04 Å². The Labute approximate surface area is 95.6 Å². The van der Waals surface area contributed by atoms with Gasteiger partial charge in [0.1, 0.15) is 0 Å². The molecule has 0 bridgehead atoms. The molecule has 1 unspecified atom stereocenters. The fraction of sp³-hybridized carbons (Fsp3) is 0.500. The van der Waals surface area contributed by atoms with E-state index < -0.39 is 0 Å². The van der Waals surface area contributed by atoms with Gasteiger partial charge in [0, 0.05) is 11.6 Å². The van der Waals surface area contributed by atoms with Crippen molar-refractivity contribution in [3.8, 4) is 0 Å². The van der Waals surface area contributed by atoms with E-state index in [4.69, 9.17) is 16.3 Å². The summed E-state index contributed by atoms with van der Waals surface area (Å²) in [4.78, 5) is 0. The minimum Gasteiger partial charge on any atom is -0.378 e. The van der Waals surface area contributed by atoms with E-state index in [1.54, 1.807) is 0 Å². The molecule has 1 atom stereocenters. The maximum Gasteiger partial charge on any atom is 0.0662 e. The molecule has 1 N–H and O–H groups in total. The maximum absolute atomic E-state index is 6.23. The summed E-state index contributed by atoms with van der Waals surface area (Å²) >= 11 is 6.23. The summed E-state index contributed by atoms with van der Waals surface area (Å²) < 4.78 is 5.46. The van der Waals surface area contributed by atoms with Gasteiger partial charge in [-0.15, -0.1) is 0 Å². The smallest absolute Gasteiger partial charge is 0.0662 e. The third-order valence-corrected chi connectivity index (χ3v) is 3.50. The molecule has 1 fully saturated rings. The second-order valence-electron chi connectivity index (χ2n) is 3.99. The van der Waals surface area contributed by atoms with E-state index in [9.17, 15) is 0 Å². The highest BCUT2D eigenvalue weighted by Gasteiger charge is 2.18. The largest absolute Gasteiger partial charge is 0.378 e. The highest BCUT2D eigenvalue weighted by Crippen LogP contribution is 2.28. The molecule has 1 saturated heterocycles. The van der Waals surface area contributed by atoms with E-state index >= 15 is 0 Å². The molecule has 1 heterocycles. The number of benzene rings is 1. The standard InChI is InChI=1S/C12H16ClNO/c1-8-3-4-10(9(2)12(8)13)11-7-15-6-5-14-11/h3-4,11,14H,5-7H2,1-2H3. The Morgan fingerprint density at radius 3 is 2.87 bits per heavy atom. The third-order valence-electron chi connectivity index (χ3n) is 2.92. The summed E-state index contributed by atoms with van der Waals surface area (Å²) in [5, 5.41) is 4.31. The van der Waals surface area contributed by atoms with Gasteiger partial charge in [-0.05, 0) is 30.5 Å². The van der Waals surface area contributed by atoms with Crippen LogP contribution in [0.15, 0.2) is 12.1 Å². The molecule has 0 aromatic heterocycles. The van der Waals surface area contributed by atoms with E-state index in [2.05, 4.69) is 24.4 Å². The van der Waals surface area contributed by atoms with Crippen LogP contribution in [0.1, 0.15) is 22.7 Å². The highest BCUT2D eigenvalue weighted by molar-refractivity contribution is 6.32. The van der Waals surface area contributed by atoms with Crippen LogP contribution >= 0.6 is 11.6 Å². The maximum atomic E-state index is 6.23. The second-order valence-corrected chi connectivity index (χ2v) is 4.37. The Balaban J connectivity index is 2.31. The number of aryl methyl sites for hydroxylation is 1. The Bertz CT molecular complexity index is 359. The van der Waals surface area contributed by atoms with Crippen molar-refractivity contribution in [2.75, 3.05) is 19.8 Å². The topological polar surface area (TPSA) is 21.3 Å². The van der Waals surface area contributed by atoms with E-state index in [0.717, 1.165) is 30.3 Å². The predicted octanol–water partition coefficient (Wildman–Crippen LogP) is 2.62. The lowest BCUT2D eigenvalue weighted by molar-refractivity contribution is 0.0767. The van der Waals surface area contributed by atoms with Crippen molar-refractivity contribution in [1.29, 1.82) is 0 Å². The Morgan fingerprint density at radius 2 is 2.20 bits per heavy atom. The van der Waals surface area contributed by atoms with Crippen molar-refractivity contribution in [1.82, 2.24) is 5.32 Å². The molecule has 0 spiro atoms. The van der Waals surface area contributed by atoms with Crippen molar-refractivity contribution in [3.63, 3.8) is 0 Å². The van der Waals surface area contributed by atoms with Gasteiger partial charge in [0.05, 0.1) is 19.3 Å². The first-order valence-electron chi connectivity index (χ1n) is 5.27. The number of morpholine rings is 1. The minimum absolute atomic E-state index is 0.289. The Hall–Kier alpha value is -0.570. The SMILES string of the molecule is Cc1ccc(C2COCCN2)c(C)c1Cl. The molecule has 1 aliphatic heterocycles. The molecule has 1 aromatic carbocycles. The quantitative estimate of drug-likeness (QED) is 0.794. The Kier molecular flexibility index (Phi) is 3.29. The van der Waals surface area contributed by atoms with Gasteiger partial charge in [-0.25, -0.2) is 0 Å². The first-order valence-corrected chi connectivity index (χ1v) is 5.64. The normalized spacial score (nSPS) is 21.7. The molecule has 0 radical (unpaired) electrons. The highest BCUT2D eigenvalue weighted by atomic mass is 35.5. The molecule has 3 heteroatoms. The lowest BCUT2D eigenvalue weighted by atomic mass is 9.99. The van der Waals surface area contributed by atoms with Gasteiger partial charge in [-0.2, -0.15) is 0 Å². The summed E-state index contributed by atoms with van der Waals surface area (Å²) in [5.41, 5.74) is 3.56. The van der Waals surface area contributed by atoms with Crippen LogP contribution in [0, 0.1) is 13.8 Å². The number of hydrogen-bond donors (Lipinski definition) is 1. The lowest BCUT2D eigenvalue weighted by Gasteiger charge is -2.26. The number of nitrogens with one attached hydrogen (secondary N) is 1. The van der Waals surface area contributed by atoms with Gasteiger partial charge in [-0.3, -0.25) is 0 Å². The predicted molar refractivity (Wildman–Crippen MR) is 62.5 cm³/mol. The molecule has 1 aliphatic rings. The van der Waals surface area contributed by atoms with Crippen LogP contribution in [-0.2, 0) is 4.74 Å². The van der Waals surface area contributed by atoms with Gasteiger partial charge in [0.2, 0.25) is 0 Å². The molecule has 82 valence electrons. The summed E-state index contributed by atoms with van der Waals surface area (Å²) in [5.74, 6) is 0. The molecule has 0 amide bonds. The zero-order chi connectivity index (χ0) is 10.8. The van der Waals surface area contributed by atoms with Crippen molar-refractivity contribution in [3.05, 3.63) is 33.8 Å². The van der Waals surface area contributed by atoms with Gasteiger partial charge in [0.15, 0.2) is 0 Å². The van der Waals surface area contributed by atoms with Crippen LogP contribution in [0.4, 0.5) is 0 Å². The zero-order valence-corrected chi connectivity index (χ0v) is 9.90. The summed E-state index contributed by atoms with van der Waals surface area (Å²) in [7, 11) is 0. The molecule has 2 rings (SSSR count). The lowest BCUT2D eigenvalue weighted by Crippen LogP contribution is -2.35. The molecular weight excluding hydrogens is 210 g/mol. The first kappa shape index (κ1) is 10.9. The van der Waals surface area contributed by atoms with Crippen LogP contribution in [0.2, 0.25) is 5.02 Å². The van der Waals surface area contributed by atoms with Gasteiger partial charge in [-0.1, -0.05) is 23.7 Å². The van der Waals surface area contributed by atoms with Crippen molar-refractivity contribution >= 4 is 11.6 Å². The minimum atomic E-state index is 0.289. The molecule has 0 saturated carbocycles. The fourth-order valence-corrected chi connectivity index (χ4v) is 2.15. The fourth-order valence-electron chi connectivity index (χ4n) is 1.98. The van der Waals surface area contributed by atoms with Gasteiger partial charge >= 0.3 is 0 Å². The van der Waals surface area contributed by atoms with Gasteiger partial charge in [0.25, 0.3) is 0 Å². The monoisotopic (exact) mass is 225 g/mol. The van der Waals surface area contributed by atoms with E-state index in [0.29, 0.717) is 0 Å². The average molecular weight is 226 g/mol. The third kappa shape index (κ3) is 2.17. The van der Waals surface area contributed by atoms with Crippen molar-refractivity contribution in [2.45, 2.75) is 19.9 Å². The van der Waals surface area contributed by atoms with Gasteiger partial charge < -0.3 is 10.1 Å². The average Bonchev–Trinajstić information content (AvgIpc) is 2.27. The molecule has 0 aliphatic carbocycles. The Morgan fingerprint density at radius 1 is 1.40 bits per heavy atom. The van der Waals surface area contributed by atoms with E-state index in [1.165, 1.54) is 11.1 Å². The van der Waals surface area contributed by atoms with Crippen LogP contribution in [0.3, 0.4) is 0 Å². The number of ether oxygens (including phenoxy) is 1. The first-order chi connectivity index (χ1) is 7.20. The summed E-state index contributed by atoms with van der Waals surface area (Å²) in [6, 6.07) is 4.50. The summed E-state index contributed by atoms with van der Waals surface area (Å²) in [6.07, 6.45) is 0.